The molecule has 0 saturated heterocycles. The van der Waals surface area contributed by atoms with E-state index in [1.807, 2.05) is 48.2 Å². The summed E-state index contributed by atoms with van der Waals surface area (Å²) in [6.45, 7) is 2.36. The fourth-order valence-corrected chi connectivity index (χ4v) is 9.27. The zero-order valence-electron chi connectivity index (χ0n) is 27.9. The molecule has 0 saturated carbocycles. The second kappa shape index (κ2) is 11.8. The molecule has 51 heavy (non-hydrogen) atoms. The first-order chi connectivity index (χ1) is 25.1. The van der Waals surface area contributed by atoms with E-state index in [4.69, 9.17) is 15.0 Å². The number of hydrogen-bond donors (Lipinski definition) is 0. The SMILES string of the molecule is CC12C=CC=CC1Sc1c(-c3ccc4c5ccc(-c6ccccc6)cc5n(-c5nc(-c6ccccc6)nc(-c6ccccc6)n5)c4c3)cccc12. The van der Waals surface area contributed by atoms with Gasteiger partial charge in [-0.25, -0.2) is 4.98 Å². The second-order valence-corrected chi connectivity index (χ2v) is 14.6. The Morgan fingerprint density at radius 1 is 0.549 bits per heavy atom. The molecule has 10 rings (SSSR count). The van der Waals surface area contributed by atoms with E-state index < -0.39 is 0 Å². The molecule has 4 nitrogen and oxygen atoms in total. The molecular formula is C46H32N4S. The van der Waals surface area contributed by atoms with Crippen LogP contribution in [0.2, 0.25) is 0 Å². The molecule has 3 heterocycles. The standard InChI is InChI=1S/C46H32N4S/c1-46-27-12-11-22-41(46)51-42-35(20-13-21-38(42)46)34-24-26-37-36-25-23-33(30-14-5-2-6-15-30)28-39(36)50(40(37)29-34)45-48-43(31-16-7-3-8-17-31)47-44(49-45)32-18-9-4-10-19-32/h2-29,41H,1H3. The van der Waals surface area contributed by atoms with E-state index >= 15 is 0 Å². The lowest BCUT2D eigenvalue weighted by molar-refractivity contribution is 0.620. The van der Waals surface area contributed by atoms with Gasteiger partial charge in [0.15, 0.2) is 11.6 Å². The van der Waals surface area contributed by atoms with Crippen molar-refractivity contribution in [3.05, 3.63) is 175 Å². The zero-order valence-corrected chi connectivity index (χ0v) is 28.8. The van der Waals surface area contributed by atoms with Gasteiger partial charge in [-0.15, -0.1) is 11.8 Å². The van der Waals surface area contributed by atoms with Crippen molar-refractivity contribution in [3.8, 4) is 51.0 Å². The lowest BCUT2D eigenvalue weighted by Crippen LogP contribution is -2.28. The van der Waals surface area contributed by atoms with Crippen LogP contribution in [0.15, 0.2) is 175 Å². The van der Waals surface area contributed by atoms with Gasteiger partial charge >= 0.3 is 0 Å². The maximum absolute atomic E-state index is 5.21. The van der Waals surface area contributed by atoms with E-state index in [2.05, 4.69) is 145 Å². The monoisotopic (exact) mass is 672 g/mol. The number of nitrogens with zero attached hydrogens (tertiary/aromatic N) is 4. The Balaban J connectivity index is 1.25. The van der Waals surface area contributed by atoms with E-state index in [0.717, 1.165) is 44.1 Å². The Morgan fingerprint density at radius 3 is 1.78 bits per heavy atom. The van der Waals surface area contributed by atoms with Gasteiger partial charge in [0.2, 0.25) is 5.95 Å². The average Bonchev–Trinajstić information content (AvgIpc) is 3.69. The summed E-state index contributed by atoms with van der Waals surface area (Å²) in [5.41, 5.74) is 10.1. The van der Waals surface area contributed by atoms with Crippen molar-refractivity contribution in [3.63, 3.8) is 0 Å². The van der Waals surface area contributed by atoms with E-state index in [1.54, 1.807) is 0 Å². The average molecular weight is 673 g/mol. The van der Waals surface area contributed by atoms with E-state index in [0.29, 0.717) is 22.8 Å². The van der Waals surface area contributed by atoms with Crippen LogP contribution in [0.4, 0.5) is 0 Å². The Hall–Kier alpha value is -6.04. The molecule has 0 spiro atoms. The highest BCUT2D eigenvalue weighted by Gasteiger charge is 2.42. The smallest absolute Gasteiger partial charge is 0.238 e. The van der Waals surface area contributed by atoms with Gasteiger partial charge in [0.1, 0.15) is 0 Å². The van der Waals surface area contributed by atoms with Crippen LogP contribution in [0.5, 0.6) is 0 Å². The molecule has 0 radical (unpaired) electrons. The fourth-order valence-electron chi connectivity index (χ4n) is 7.67. The second-order valence-electron chi connectivity index (χ2n) is 13.4. The molecule has 0 amide bonds. The zero-order chi connectivity index (χ0) is 33.9. The fraction of sp³-hybridized carbons (Fsp3) is 0.0652. The van der Waals surface area contributed by atoms with E-state index in [-0.39, 0.29) is 5.41 Å². The molecular weight excluding hydrogens is 641 g/mol. The molecule has 5 heteroatoms. The maximum atomic E-state index is 5.21. The van der Waals surface area contributed by atoms with Crippen molar-refractivity contribution in [2.24, 2.45) is 0 Å². The first-order valence-corrected chi connectivity index (χ1v) is 18.2. The van der Waals surface area contributed by atoms with Crippen LogP contribution >= 0.6 is 11.8 Å². The molecule has 6 aromatic carbocycles. The van der Waals surface area contributed by atoms with Crippen LogP contribution in [-0.4, -0.2) is 24.8 Å². The highest BCUT2D eigenvalue weighted by Crippen LogP contribution is 2.55. The number of fused-ring (bicyclic) bond motifs is 6. The molecule has 1 aliphatic heterocycles. The molecule has 2 atom stereocenters. The third-order valence-electron chi connectivity index (χ3n) is 10.3. The first-order valence-electron chi connectivity index (χ1n) is 17.3. The molecule has 0 N–H and O–H groups in total. The number of thioether (sulfide) groups is 1. The summed E-state index contributed by atoms with van der Waals surface area (Å²) < 4.78 is 2.24. The summed E-state index contributed by atoms with van der Waals surface area (Å²) in [6.07, 6.45) is 9.08. The minimum atomic E-state index is -0.0237. The third-order valence-corrected chi connectivity index (χ3v) is 11.9. The molecule has 1 aliphatic carbocycles. The van der Waals surface area contributed by atoms with E-state index in [1.165, 1.54) is 21.6 Å². The normalized spacial score (nSPS) is 17.5. The maximum Gasteiger partial charge on any atom is 0.238 e. The molecule has 8 aromatic rings. The minimum absolute atomic E-state index is 0.0237. The molecule has 2 aromatic heterocycles. The number of aromatic nitrogens is 4. The van der Waals surface area contributed by atoms with Gasteiger partial charge in [0.05, 0.1) is 11.0 Å². The summed E-state index contributed by atoms with van der Waals surface area (Å²) in [6, 6.07) is 51.3. The topological polar surface area (TPSA) is 43.6 Å². The van der Waals surface area contributed by atoms with Crippen molar-refractivity contribution in [2.45, 2.75) is 22.5 Å². The molecule has 0 bridgehead atoms. The summed E-state index contributed by atoms with van der Waals surface area (Å²) in [4.78, 5) is 16.8. The van der Waals surface area contributed by atoms with E-state index in [9.17, 15) is 0 Å². The molecule has 0 fully saturated rings. The largest absolute Gasteiger partial charge is 0.278 e. The van der Waals surface area contributed by atoms with Gasteiger partial charge in [-0.1, -0.05) is 165 Å². The van der Waals surface area contributed by atoms with Crippen molar-refractivity contribution < 1.29 is 0 Å². The van der Waals surface area contributed by atoms with Gasteiger partial charge in [-0.05, 0) is 39.9 Å². The lowest BCUT2D eigenvalue weighted by Gasteiger charge is -2.28. The number of allylic oxidation sites excluding steroid dienone is 3. The van der Waals surface area contributed by atoms with Crippen molar-refractivity contribution in [2.75, 3.05) is 0 Å². The third kappa shape index (κ3) is 4.88. The minimum Gasteiger partial charge on any atom is -0.278 e. The van der Waals surface area contributed by atoms with Crippen LogP contribution < -0.4 is 0 Å². The van der Waals surface area contributed by atoms with Gasteiger partial charge in [0.25, 0.3) is 0 Å². The van der Waals surface area contributed by atoms with Crippen LogP contribution in [0.1, 0.15) is 12.5 Å². The van der Waals surface area contributed by atoms with Crippen molar-refractivity contribution >= 4 is 33.6 Å². The number of benzene rings is 6. The van der Waals surface area contributed by atoms with Crippen molar-refractivity contribution in [1.82, 2.24) is 19.5 Å². The Morgan fingerprint density at radius 2 is 1.14 bits per heavy atom. The van der Waals surface area contributed by atoms with Gasteiger partial charge in [0, 0.05) is 37.5 Å². The predicted octanol–water partition coefficient (Wildman–Crippen LogP) is 11.5. The highest BCUT2D eigenvalue weighted by molar-refractivity contribution is 8.00. The molecule has 2 aliphatic rings. The summed E-state index contributed by atoms with van der Waals surface area (Å²) in [5.74, 6) is 1.87. The Kier molecular flexibility index (Phi) is 6.90. The molecule has 242 valence electrons. The first kappa shape index (κ1) is 29.8. The number of rotatable bonds is 5. The number of hydrogen-bond acceptors (Lipinski definition) is 4. The lowest BCUT2D eigenvalue weighted by atomic mass is 9.76. The van der Waals surface area contributed by atoms with Gasteiger partial charge in [-0.3, -0.25) is 4.57 Å². The van der Waals surface area contributed by atoms with Gasteiger partial charge in [-0.2, -0.15) is 9.97 Å². The Bertz CT molecular complexity index is 2620. The summed E-state index contributed by atoms with van der Waals surface area (Å²) >= 11 is 1.97. The highest BCUT2D eigenvalue weighted by atomic mass is 32.2. The summed E-state index contributed by atoms with van der Waals surface area (Å²) in [5, 5.41) is 2.69. The Labute approximate surface area is 300 Å². The summed E-state index contributed by atoms with van der Waals surface area (Å²) in [7, 11) is 0. The quantitative estimate of drug-likeness (QED) is 0.182. The van der Waals surface area contributed by atoms with Crippen LogP contribution in [0.25, 0.3) is 72.8 Å². The van der Waals surface area contributed by atoms with Crippen molar-refractivity contribution in [1.29, 1.82) is 0 Å². The van der Waals surface area contributed by atoms with Gasteiger partial charge < -0.3 is 0 Å². The molecule has 2 unspecified atom stereocenters. The van der Waals surface area contributed by atoms with Crippen LogP contribution in [0.3, 0.4) is 0 Å². The predicted molar refractivity (Wildman–Crippen MR) is 211 cm³/mol. The van der Waals surface area contributed by atoms with Crippen LogP contribution in [-0.2, 0) is 5.41 Å². The van der Waals surface area contributed by atoms with Crippen LogP contribution in [0, 0.1) is 0 Å².